The van der Waals surface area contributed by atoms with Crippen molar-refractivity contribution >= 4 is 5.91 Å². The second-order valence-corrected chi connectivity index (χ2v) is 6.70. The van der Waals surface area contributed by atoms with Crippen molar-refractivity contribution in [3.63, 3.8) is 0 Å². The Kier molecular flexibility index (Phi) is 4.64. The first-order valence-corrected chi connectivity index (χ1v) is 8.53. The van der Waals surface area contributed by atoms with Gasteiger partial charge in [0.1, 0.15) is 0 Å². The molecule has 0 saturated carbocycles. The van der Waals surface area contributed by atoms with E-state index in [0.717, 1.165) is 60.7 Å². The molecule has 3 rings (SSSR count). The van der Waals surface area contributed by atoms with Crippen LogP contribution in [0.25, 0.3) is 11.3 Å². The number of carbonyl (C=O) groups is 1. The van der Waals surface area contributed by atoms with E-state index in [1.54, 1.807) is 19.3 Å². The first-order chi connectivity index (χ1) is 11.5. The Morgan fingerprint density at radius 3 is 2.71 bits per heavy atom. The molecule has 1 amide bonds. The molecule has 128 valence electrons. The highest BCUT2D eigenvalue weighted by Crippen LogP contribution is 2.29. The largest absolute Gasteiger partial charge is 0.343 e. The van der Waals surface area contributed by atoms with Crippen molar-refractivity contribution in [2.24, 2.45) is 13.0 Å². The highest BCUT2D eigenvalue weighted by molar-refractivity contribution is 5.73. The predicted octanol–water partition coefficient (Wildman–Crippen LogP) is 2.29. The first kappa shape index (κ1) is 16.6. The summed E-state index contributed by atoms with van der Waals surface area (Å²) in [6, 6.07) is 0. The van der Waals surface area contributed by atoms with Gasteiger partial charge in [-0.3, -0.25) is 19.4 Å². The van der Waals surface area contributed by atoms with E-state index in [1.165, 1.54) is 0 Å². The van der Waals surface area contributed by atoms with E-state index in [1.807, 2.05) is 23.6 Å². The third-order valence-electron chi connectivity index (χ3n) is 4.97. The van der Waals surface area contributed by atoms with Crippen LogP contribution >= 0.6 is 0 Å². The molecule has 0 aliphatic carbocycles. The molecule has 1 fully saturated rings. The summed E-state index contributed by atoms with van der Waals surface area (Å²) in [5.74, 6) is 0.605. The van der Waals surface area contributed by atoms with Crippen LogP contribution < -0.4 is 0 Å². The Balaban J connectivity index is 1.89. The summed E-state index contributed by atoms with van der Waals surface area (Å²) in [7, 11) is 1.95. The van der Waals surface area contributed by atoms with Gasteiger partial charge in [-0.2, -0.15) is 5.10 Å². The quantitative estimate of drug-likeness (QED) is 0.868. The van der Waals surface area contributed by atoms with Crippen molar-refractivity contribution in [3.8, 4) is 11.3 Å². The monoisotopic (exact) mass is 327 g/mol. The number of aromatic nitrogens is 4. The highest BCUT2D eigenvalue weighted by atomic mass is 16.2. The van der Waals surface area contributed by atoms with Gasteiger partial charge in [-0.25, -0.2) is 0 Å². The van der Waals surface area contributed by atoms with Gasteiger partial charge < -0.3 is 4.90 Å². The second kappa shape index (κ2) is 6.71. The molecule has 2 aromatic rings. The summed E-state index contributed by atoms with van der Waals surface area (Å²) in [5, 5.41) is 4.51. The lowest BCUT2D eigenvalue weighted by Crippen LogP contribution is -2.39. The van der Waals surface area contributed by atoms with Crippen molar-refractivity contribution < 1.29 is 4.79 Å². The van der Waals surface area contributed by atoms with E-state index in [0.29, 0.717) is 5.92 Å². The average molecular weight is 327 g/mol. The molecule has 0 radical (unpaired) electrons. The summed E-state index contributed by atoms with van der Waals surface area (Å²) in [4.78, 5) is 22.8. The normalized spacial score (nSPS) is 18.0. The maximum absolute atomic E-state index is 11.7. The zero-order chi connectivity index (χ0) is 17.3. The Bertz CT molecular complexity index is 752. The fourth-order valence-corrected chi connectivity index (χ4v) is 3.63. The van der Waals surface area contributed by atoms with Crippen LogP contribution in [0.3, 0.4) is 0 Å². The molecule has 1 saturated heterocycles. The topological polar surface area (TPSA) is 63.9 Å². The maximum atomic E-state index is 11.7. The molecular weight excluding hydrogens is 302 g/mol. The lowest BCUT2D eigenvalue weighted by Gasteiger charge is -2.32. The smallest absolute Gasteiger partial charge is 0.219 e. The van der Waals surface area contributed by atoms with Gasteiger partial charge in [0.05, 0.1) is 17.1 Å². The van der Waals surface area contributed by atoms with Gasteiger partial charge >= 0.3 is 0 Å². The number of likely N-dealkylation sites (tertiary alicyclic amines) is 1. The molecule has 24 heavy (non-hydrogen) atoms. The number of amides is 1. The number of hydrogen-bond acceptors (Lipinski definition) is 4. The summed E-state index contributed by atoms with van der Waals surface area (Å²) >= 11 is 0. The molecule has 6 heteroatoms. The molecule has 3 heterocycles. The van der Waals surface area contributed by atoms with Crippen LogP contribution in [0.4, 0.5) is 0 Å². The minimum Gasteiger partial charge on any atom is -0.343 e. The molecule has 1 atom stereocenters. The van der Waals surface area contributed by atoms with Gasteiger partial charge in [-0.05, 0) is 39.0 Å². The molecule has 2 aromatic heterocycles. The van der Waals surface area contributed by atoms with Crippen LogP contribution in [0.1, 0.15) is 36.8 Å². The summed E-state index contributed by atoms with van der Waals surface area (Å²) in [6.45, 7) is 7.42. The van der Waals surface area contributed by atoms with Gasteiger partial charge in [0, 0.05) is 50.7 Å². The SMILES string of the molecule is CC(=O)N1CCCC(Cc2nccnc2-c2c(C)nn(C)c2C)C1. The molecule has 1 unspecified atom stereocenters. The van der Waals surface area contributed by atoms with Crippen molar-refractivity contribution in [1.29, 1.82) is 0 Å². The van der Waals surface area contributed by atoms with Crippen molar-refractivity contribution in [1.82, 2.24) is 24.6 Å². The molecule has 0 bridgehead atoms. The predicted molar refractivity (Wildman–Crippen MR) is 92.4 cm³/mol. The number of rotatable bonds is 3. The summed E-state index contributed by atoms with van der Waals surface area (Å²) in [6.07, 6.45) is 6.54. The van der Waals surface area contributed by atoms with E-state index in [2.05, 4.69) is 22.0 Å². The Morgan fingerprint density at radius 1 is 1.29 bits per heavy atom. The van der Waals surface area contributed by atoms with Crippen LogP contribution in [0, 0.1) is 19.8 Å². The van der Waals surface area contributed by atoms with E-state index in [9.17, 15) is 4.79 Å². The van der Waals surface area contributed by atoms with Crippen LogP contribution in [0.5, 0.6) is 0 Å². The third kappa shape index (κ3) is 3.18. The lowest BCUT2D eigenvalue weighted by atomic mass is 9.91. The molecule has 0 aromatic carbocycles. The van der Waals surface area contributed by atoms with Crippen molar-refractivity contribution in [3.05, 3.63) is 29.5 Å². The molecule has 6 nitrogen and oxygen atoms in total. The second-order valence-electron chi connectivity index (χ2n) is 6.70. The molecular formula is C18H25N5O. The number of hydrogen-bond donors (Lipinski definition) is 0. The Morgan fingerprint density at radius 2 is 2.04 bits per heavy atom. The maximum Gasteiger partial charge on any atom is 0.219 e. The molecule has 0 spiro atoms. The zero-order valence-corrected chi connectivity index (χ0v) is 14.9. The first-order valence-electron chi connectivity index (χ1n) is 8.53. The Hall–Kier alpha value is -2.24. The fraction of sp³-hybridized carbons (Fsp3) is 0.556. The lowest BCUT2D eigenvalue weighted by molar-refractivity contribution is -0.130. The summed E-state index contributed by atoms with van der Waals surface area (Å²) in [5.41, 5.74) is 5.10. The number of aryl methyl sites for hydroxylation is 2. The van der Waals surface area contributed by atoms with Gasteiger partial charge in [0.25, 0.3) is 0 Å². The standard InChI is InChI=1S/C18H25N5O/c1-12-17(13(2)22(4)21-12)18-16(19-7-8-20-18)10-15-6-5-9-23(11-15)14(3)24/h7-8,15H,5-6,9-11H2,1-4H3. The van der Waals surface area contributed by atoms with Crippen LogP contribution in [0.2, 0.25) is 0 Å². The number of nitrogens with zero attached hydrogens (tertiary/aromatic N) is 5. The molecule has 1 aliphatic heterocycles. The van der Waals surface area contributed by atoms with Crippen molar-refractivity contribution in [2.45, 2.75) is 40.0 Å². The van der Waals surface area contributed by atoms with Crippen LogP contribution in [-0.2, 0) is 18.3 Å². The van der Waals surface area contributed by atoms with E-state index in [-0.39, 0.29) is 5.91 Å². The van der Waals surface area contributed by atoms with Gasteiger partial charge in [-0.15, -0.1) is 0 Å². The van der Waals surface area contributed by atoms with Crippen molar-refractivity contribution in [2.75, 3.05) is 13.1 Å². The zero-order valence-electron chi connectivity index (χ0n) is 14.9. The number of carbonyl (C=O) groups excluding carboxylic acids is 1. The average Bonchev–Trinajstić information content (AvgIpc) is 2.81. The van der Waals surface area contributed by atoms with E-state index in [4.69, 9.17) is 0 Å². The summed E-state index contributed by atoms with van der Waals surface area (Å²) < 4.78 is 1.89. The van der Waals surface area contributed by atoms with Crippen LogP contribution in [0.15, 0.2) is 12.4 Å². The fourth-order valence-electron chi connectivity index (χ4n) is 3.63. The van der Waals surface area contributed by atoms with Crippen LogP contribution in [-0.4, -0.2) is 43.6 Å². The molecule has 0 N–H and O–H groups in total. The van der Waals surface area contributed by atoms with Gasteiger partial charge in [-0.1, -0.05) is 0 Å². The van der Waals surface area contributed by atoms with Gasteiger partial charge in [0.2, 0.25) is 5.91 Å². The third-order valence-corrected chi connectivity index (χ3v) is 4.97. The molecule has 1 aliphatic rings. The minimum absolute atomic E-state index is 0.165. The highest BCUT2D eigenvalue weighted by Gasteiger charge is 2.24. The van der Waals surface area contributed by atoms with E-state index < -0.39 is 0 Å². The number of piperidine rings is 1. The minimum atomic E-state index is 0.165. The van der Waals surface area contributed by atoms with Gasteiger partial charge in [0.15, 0.2) is 0 Å². The van der Waals surface area contributed by atoms with E-state index >= 15 is 0 Å². The Labute approximate surface area is 142 Å².